The third-order valence-corrected chi connectivity index (χ3v) is 4.98. The molecule has 1 N–H and O–H groups in total. The van der Waals surface area contributed by atoms with E-state index in [2.05, 4.69) is 5.32 Å². The Morgan fingerprint density at radius 2 is 2.23 bits per heavy atom. The summed E-state index contributed by atoms with van der Waals surface area (Å²) in [4.78, 5) is 34.6. The Hall–Kier alpha value is -2.35. The van der Waals surface area contributed by atoms with Crippen molar-refractivity contribution in [2.45, 2.75) is 18.0 Å². The monoisotopic (exact) mass is 319 g/mol. The zero-order valence-electron chi connectivity index (χ0n) is 11.5. The molecule has 7 nitrogen and oxygen atoms in total. The van der Waals surface area contributed by atoms with Crippen molar-refractivity contribution in [3.8, 4) is 0 Å². The Balaban J connectivity index is 1.67. The number of thioether (sulfide) groups is 1. The van der Waals surface area contributed by atoms with Gasteiger partial charge in [-0.1, -0.05) is 0 Å². The van der Waals surface area contributed by atoms with Crippen molar-refractivity contribution in [3.05, 3.63) is 41.9 Å². The van der Waals surface area contributed by atoms with Crippen LogP contribution in [0.25, 0.3) is 0 Å². The molecular weight excluding hydrogens is 306 g/mol. The van der Waals surface area contributed by atoms with Gasteiger partial charge in [0.2, 0.25) is 6.41 Å². The van der Waals surface area contributed by atoms with E-state index in [4.69, 9.17) is 0 Å². The summed E-state index contributed by atoms with van der Waals surface area (Å²) in [5.74, 6) is -0.567. The van der Waals surface area contributed by atoms with Crippen molar-refractivity contribution in [2.75, 3.05) is 5.75 Å². The molecule has 2 aliphatic rings. The number of nitrogens with one attached hydrogen (secondary N) is 1. The van der Waals surface area contributed by atoms with Gasteiger partial charge in [-0.15, -0.1) is 11.8 Å². The van der Waals surface area contributed by atoms with Gasteiger partial charge in [0.25, 0.3) is 5.91 Å². The highest BCUT2D eigenvalue weighted by Crippen LogP contribution is 2.35. The average Bonchev–Trinajstić information content (AvgIpc) is 2.53. The maximum absolute atomic E-state index is 11.9. The number of rotatable bonds is 5. The Morgan fingerprint density at radius 1 is 1.50 bits per heavy atom. The van der Waals surface area contributed by atoms with Crippen LogP contribution in [0.4, 0.5) is 0 Å². The van der Waals surface area contributed by atoms with E-state index in [0.29, 0.717) is 13.0 Å². The van der Waals surface area contributed by atoms with E-state index in [1.54, 1.807) is 29.1 Å². The highest BCUT2D eigenvalue weighted by molar-refractivity contribution is 8.00. The van der Waals surface area contributed by atoms with Crippen LogP contribution in [-0.4, -0.2) is 40.4 Å². The Labute approximate surface area is 130 Å². The smallest absolute Gasteiger partial charge is 0.253 e. The second-order valence-electron chi connectivity index (χ2n) is 5.04. The Bertz CT molecular complexity index is 659. The van der Waals surface area contributed by atoms with Gasteiger partial charge in [-0.05, 0) is 0 Å². The van der Waals surface area contributed by atoms with Crippen LogP contribution < -0.4 is 15.0 Å². The van der Waals surface area contributed by atoms with Crippen LogP contribution in [0, 0.1) is 0 Å². The van der Waals surface area contributed by atoms with Gasteiger partial charge in [-0.2, -0.15) is 0 Å². The van der Waals surface area contributed by atoms with Gasteiger partial charge in [-0.3, -0.25) is 9.59 Å². The number of aromatic carboxylic acids is 1. The topological polar surface area (TPSA) is 93.4 Å². The zero-order valence-corrected chi connectivity index (χ0v) is 12.3. The van der Waals surface area contributed by atoms with E-state index >= 15 is 0 Å². The molecule has 3 heterocycles. The summed E-state index contributed by atoms with van der Waals surface area (Å²) in [6, 6.07) is 2.52. The van der Waals surface area contributed by atoms with Gasteiger partial charge in [0, 0.05) is 35.2 Å². The highest BCUT2D eigenvalue weighted by atomic mass is 32.2. The second kappa shape index (κ2) is 5.80. The molecule has 1 aromatic heterocycles. The van der Waals surface area contributed by atoms with E-state index < -0.39 is 12.0 Å². The fraction of sp³-hybridized carbons (Fsp3) is 0.286. The SMILES string of the molecule is O=CN[C@@H]1C(=O)N2C=C(C[n+]3ccc(C(=O)[O-])cc3)CS[C@@H]12. The minimum absolute atomic E-state index is 0.0353. The molecule has 2 atom stereocenters. The van der Waals surface area contributed by atoms with Crippen LogP contribution in [0.1, 0.15) is 10.4 Å². The molecule has 0 saturated carbocycles. The first kappa shape index (κ1) is 14.6. The Morgan fingerprint density at radius 3 is 2.86 bits per heavy atom. The summed E-state index contributed by atoms with van der Waals surface area (Å²) in [5.41, 5.74) is 1.18. The maximum atomic E-state index is 11.9. The van der Waals surface area contributed by atoms with E-state index in [-0.39, 0.29) is 16.8 Å². The lowest BCUT2D eigenvalue weighted by atomic mass is 10.1. The first-order valence-electron chi connectivity index (χ1n) is 6.63. The molecule has 1 fully saturated rings. The van der Waals surface area contributed by atoms with Crippen molar-refractivity contribution >= 4 is 30.0 Å². The van der Waals surface area contributed by atoms with Crippen molar-refractivity contribution < 1.29 is 24.1 Å². The first-order valence-corrected chi connectivity index (χ1v) is 7.68. The second-order valence-corrected chi connectivity index (χ2v) is 6.15. The largest absolute Gasteiger partial charge is 0.545 e. The number of pyridine rings is 1. The standard InChI is InChI=1S/C14H13N3O4S/c18-8-15-11-12(19)17-6-9(7-22-13(11)17)5-16-3-1-10(2-4-16)14(20)21/h1-4,6,8,11,13H,5,7H2,(H-,15,18,20,21)/t11-,13+/m1/s1. The number of nitrogens with zero attached hydrogens (tertiary/aromatic N) is 2. The van der Waals surface area contributed by atoms with Gasteiger partial charge in [0.1, 0.15) is 11.4 Å². The highest BCUT2D eigenvalue weighted by Gasteiger charge is 2.48. The molecule has 114 valence electrons. The fourth-order valence-corrected chi connectivity index (χ4v) is 3.74. The van der Waals surface area contributed by atoms with Crippen LogP contribution in [0.3, 0.4) is 0 Å². The number of hydrogen-bond acceptors (Lipinski definition) is 5. The summed E-state index contributed by atoms with van der Waals surface area (Å²) in [5, 5.41) is 13.2. The van der Waals surface area contributed by atoms with E-state index in [9.17, 15) is 19.5 Å². The van der Waals surface area contributed by atoms with Crippen LogP contribution in [-0.2, 0) is 16.1 Å². The zero-order chi connectivity index (χ0) is 15.7. The van der Waals surface area contributed by atoms with Crippen molar-refractivity contribution in [3.63, 3.8) is 0 Å². The quantitative estimate of drug-likeness (QED) is 0.395. The number of fused-ring (bicyclic) bond motifs is 1. The molecule has 1 aromatic rings. The third-order valence-electron chi connectivity index (χ3n) is 3.60. The third kappa shape index (κ3) is 2.57. The molecule has 3 rings (SSSR count). The first-order chi connectivity index (χ1) is 10.6. The molecule has 0 radical (unpaired) electrons. The normalized spacial score (nSPS) is 23.2. The molecule has 0 spiro atoms. The number of carboxylic acids is 1. The maximum Gasteiger partial charge on any atom is 0.253 e. The Kier molecular flexibility index (Phi) is 3.84. The van der Waals surface area contributed by atoms with E-state index in [1.807, 2.05) is 10.8 Å². The van der Waals surface area contributed by atoms with Crippen molar-refractivity contribution in [1.82, 2.24) is 10.2 Å². The number of hydrogen-bond donors (Lipinski definition) is 1. The predicted octanol–water partition coefficient (Wildman–Crippen LogP) is -1.75. The molecule has 0 unspecified atom stereocenters. The number of carbonyl (C=O) groups is 3. The van der Waals surface area contributed by atoms with Gasteiger partial charge in [0.15, 0.2) is 18.9 Å². The summed E-state index contributed by atoms with van der Waals surface area (Å²) in [6.07, 6.45) is 5.69. The van der Waals surface area contributed by atoms with Gasteiger partial charge >= 0.3 is 0 Å². The van der Waals surface area contributed by atoms with Gasteiger partial charge in [-0.25, -0.2) is 4.57 Å². The molecule has 8 heteroatoms. The van der Waals surface area contributed by atoms with Gasteiger partial charge < -0.3 is 20.1 Å². The molecule has 2 aliphatic heterocycles. The number of amides is 2. The predicted molar refractivity (Wildman–Crippen MR) is 75.1 cm³/mol. The molecule has 2 amide bonds. The number of carbonyl (C=O) groups excluding carboxylic acids is 3. The average molecular weight is 319 g/mol. The number of β-lactam (4-membered cyclic amide) rings is 1. The molecule has 0 bridgehead atoms. The minimum Gasteiger partial charge on any atom is -0.545 e. The molecule has 0 aromatic carbocycles. The minimum atomic E-state index is -1.21. The summed E-state index contributed by atoms with van der Waals surface area (Å²) < 4.78 is 1.84. The van der Waals surface area contributed by atoms with Crippen LogP contribution in [0.2, 0.25) is 0 Å². The molecule has 22 heavy (non-hydrogen) atoms. The van der Waals surface area contributed by atoms with Crippen LogP contribution >= 0.6 is 11.8 Å². The summed E-state index contributed by atoms with van der Waals surface area (Å²) in [6.45, 7) is 0.572. The van der Waals surface area contributed by atoms with Crippen molar-refractivity contribution in [1.29, 1.82) is 0 Å². The summed E-state index contributed by atoms with van der Waals surface area (Å²) in [7, 11) is 0. The van der Waals surface area contributed by atoms with Crippen LogP contribution in [0.5, 0.6) is 0 Å². The number of aromatic nitrogens is 1. The number of carboxylic acid groups (broad SMARTS) is 1. The lowest BCUT2D eigenvalue weighted by Gasteiger charge is -2.46. The molecular formula is C14H13N3O4S. The fourth-order valence-electron chi connectivity index (χ4n) is 2.47. The molecule has 0 aliphatic carbocycles. The van der Waals surface area contributed by atoms with E-state index in [0.717, 1.165) is 11.3 Å². The van der Waals surface area contributed by atoms with Crippen molar-refractivity contribution in [2.24, 2.45) is 0 Å². The van der Waals surface area contributed by atoms with Gasteiger partial charge in [0.05, 0.1) is 5.97 Å². The lowest BCUT2D eigenvalue weighted by molar-refractivity contribution is -0.689. The van der Waals surface area contributed by atoms with Crippen LogP contribution in [0.15, 0.2) is 36.3 Å². The summed E-state index contributed by atoms with van der Waals surface area (Å²) >= 11 is 1.60. The van der Waals surface area contributed by atoms with E-state index in [1.165, 1.54) is 12.1 Å². The molecule has 1 saturated heterocycles. The lowest BCUT2D eigenvalue weighted by Crippen LogP contribution is -2.67.